The molecule has 0 saturated carbocycles. The van der Waals surface area contributed by atoms with Crippen LogP contribution < -0.4 is 0 Å². The van der Waals surface area contributed by atoms with E-state index in [2.05, 4.69) is 26.2 Å². The Kier molecular flexibility index (Phi) is 1.83. The van der Waals surface area contributed by atoms with Crippen molar-refractivity contribution < 1.29 is 9.90 Å². The zero-order valence-electron chi connectivity index (χ0n) is 6.13. The highest BCUT2D eigenvalue weighted by molar-refractivity contribution is 9.11. The number of halogens is 1. The van der Waals surface area contributed by atoms with Crippen LogP contribution in [-0.2, 0) is 4.79 Å². The maximum atomic E-state index is 10.5. The highest BCUT2D eigenvalue weighted by Gasteiger charge is 2.32. The minimum absolute atomic E-state index is 0.00463. The molecule has 60 valence electrons. The SMILES string of the molecule is CC1(C)N=NC(C(=O)O)=C1Br. The third-order valence-electron chi connectivity index (χ3n) is 1.35. The lowest BCUT2D eigenvalue weighted by molar-refractivity contribution is -0.132. The van der Waals surface area contributed by atoms with Crippen LogP contribution in [0, 0.1) is 0 Å². The Morgan fingerprint density at radius 3 is 2.36 bits per heavy atom. The molecular formula is C6H7BrN2O2. The summed E-state index contributed by atoms with van der Waals surface area (Å²) in [6.07, 6.45) is 0. The number of aliphatic carboxylic acids is 1. The number of azo groups is 1. The Balaban J connectivity index is 3.09. The van der Waals surface area contributed by atoms with Gasteiger partial charge in [-0.2, -0.15) is 5.11 Å². The zero-order chi connectivity index (χ0) is 8.65. The van der Waals surface area contributed by atoms with Gasteiger partial charge in [-0.1, -0.05) is 15.9 Å². The smallest absolute Gasteiger partial charge is 0.357 e. The van der Waals surface area contributed by atoms with Gasteiger partial charge in [0.1, 0.15) is 5.54 Å². The maximum Gasteiger partial charge on any atom is 0.357 e. The molecule has 1 aliphatic rings. The lowest BCUT2D eigenvalue weighted by Crippen LogP contribution is -2.14. The molecule has 0 radical (unpaired) electrons. The monoisotopic (exact) mass is 218 g/mol. The van der Waals surface area contributed by atoms with Crippen molar-refractivity contribution in [2.24, 2.45) is 10.2 Å². The van der Waals surface area contributed by atoms with E-state index in [1.165, 1.54) is 0 Å². The summed E-state index contributed by atoms with van der Waals surface area (Å²) >= 11 is 3.14. The first-order valence-corrected chi connectivity index (χ1v) is 3.81. The molecule has 4 nitrogen and oxygen atoms in total. The van der Waals surface area contributed by atoms with Crippen LogP contribution in [0.1, 0.15) is 13.8 Å². The van der Waals surface area contributed by atoms with Gasteiger partial charge in [-0.3, -0.25) is 0 Å². The van der Waals surface area contributed by atoms with Gasteiger partial charge >= 0.3 is 5.97 Å². The van der Waals surface area contributed by atoms with E-state index < -0.39 is 11.5 Å². The van der Waals surface area contributed by atoms with Gasteiger partial charge in [0, 0.05) is 0 Å². The van der Waals surface area contributed by atoms with Crippen molar-refractivity contribution in [3.05, 3.63) is 10.2 Å². The molecule has 0 aromatic carbocycles. The number of rotatable bonds is 1. The Morgan fingerprint density at radius 1 is 1.64 bits per heavy atom. The number of hydrogen-bond donors (Lipinski definition) is 1. The number of carboxylic acids is 1. The molecule has 1 aliphatic heterocycles. The van der Waals surface area contributed by atoms with Crippen LogP contribution in [0.3, 0.4) is 0 Å². The summed E-state index contributed by atoms with van der Waals surface area (Å²) in [5, 5.41) is 15.9. The molecular weight excluding hydrogens is 212 g/mol. The normalized spacial score (nSPS) is 21.0. The summed E-state index contributed by atoms with van der Waals surface area (Å²) < 4.78 is 0.525. The van der Waals surface area contributed by atoms with Crippen LogP contribution >= 0.6 is 15.9 Å². The van der Waals surface area contributed by atoms with E-state index in [1.54, 1.807) is 13.8 Å². The molecule has 5 heteroatoms. The minimum atomic E-state index is -1.05. The molecule has 0 aromatic heterocycles. The largest absolute Gasteiger partial charge is 0.476 e. The van der Waals surface area contributed by atoms with Crippen molar-refractivity contribution in [1.82, 2.24) is 0 Å². The topological polar surface area (TPSA) is 62.0 Å². The molecule has 1 heterocycles. The molecule has 0 fully saturated rings. The minimum Gasteiger partial charge on any atom is -0.476 e. The van der Waals surface area contributed by atoms with Gasteiger partial charge in [-0.15, -0.1) is 5.11 Å². The molecule has 1 N–H and O–H groups in total. The van der Waals surface area contributed by atoms with Gasteiger partial charge < -0.3 is 5.11 Å². The standard InChI is InChI=1S/C6H7BrN2O2/c1-6(2)4(7)3(5(10)11)8-9-6/h1-2H3,(H,10,11). The van der Waals surface area contributed by atoms with E-state index in [-0.39, 0.29) is 5.70 Å². The zero-order valence-corrected chi connectivity index (χ0v) is 7.71. The van der Waals surface area contributed by atoms with E-state index in [1.807, 2.05) is 0 Å². The molecule has 0 atom stereocenters. The van der Waals surface area contributed by atoms with Crippen LogP contribution in [0.4, 0.5) is 0 Å². The number of hydrogen-bond acceptors (Lipinski definition) is 3. The Hall–Kier alpha value is -0.710. The predicted octanol–water partition coefficient (Wildman–Crippen LogP) is 1.92. The second-order valence-corrected chi connectivity index (χ2v) is 3.52. The first kappa shape index (κ1) is 8.39. The van der Waals surface area contributed by atoms with Crippen molar-refractivity contribution in [2.45, 2.75) is 19.4 Å². The van der Waals surface area contributed by atoms with Crippen LogP contribution in [0.5, 0.6) is 0 Å². The maximum absolute atomic E-state index is 10.5. The average Bonchev–Trinajstić information content (AvgIpc) is 2.09. The number of nitrogens with zero attached hydrogens (tertiary/aromatic N) is 2. The van der Waals surface area contributed by atoms with Crippen LogP contribution in [0.25, 0.3) is 0 Å². The third kappa shape index (κ3) is 1.33. The van der Waals surface area contributed by atoms with Crippen molar-refractivity contribution >= 4 is 21.9 Å². The average molecular weight is 219 g/mol. The van der Waals surface area contributed by atoms with Gasteiger partial charge in [0.05, 0.1) is 4.48 Å². The predicted molar refractivity (Wildman–Crippen MR) is 42.5 cm³/mol. The van der Waals surface area contributed by atoms with E-state index in [4.69, 9.17) is 5.11 Å². The summed E-state index contributed by atoms with van der Waals surface area (Å²) in [4.78, 5) is 10.5. The highest BCUT2D eigenvalue weighted by atomic mass is 79.9. The van der Waals surface area contributed by atoms with E-state index in [0.29, 0.717) is 4.48 Å². The van der Waals surface area contributed by atoms with E-state index in [0.717, 1.165) is 0 Å². The van der Waals surface area contributed by atoms with Gasteiger partial charge in [-0.05, 0) is 13.8 Å². The molecule has 11 heavy (non-hydrogen) atoms. The first-order valence-electron chi connectivity index (χ1n) is 3.01. The molecule has 1 rings (SSSR count). The summed E-state index contributed by atoms with van der Waals surface area (Å²) in [6.45, 7) is 3.58. The molecule has 0 amide bonds. The number of carboxylic acid groups (broad SMARTS) is 1. The van der Waals surface area contributed by atoms with Crippen molar-refractivity contribution in [3.63, 3.8) is 0 Å². The van der Waals surface area contributed by atoms with Gasteiger partial charge in [0.25, 0.3) is 0 Å². The quantitative estimate of drug-likeness (QED) is 0.732. The van der Waals surface area contributed by atoms with Gasteiger partial charge in [0.2, 0.25) is 0 Å². The summed E-state index contributed by atoms with van der Waals surface area (Å²) in [5.41, 5.74) is -0.525. The van der Waals surface area contributed by atoms with Crippen molar-refractivity contribution in [1.29, 1.82) is 0 Å². The lowest BCUT2D eigenvalue weighted by Gasteiger charge is -2.10. The Labute approximate surface area is 72.1 Å². The highest BCUT2D eigenvalue weighted by Crippen LogP contribution is 2.35. The van der Waals surface area contributed by atoms with Gasteiger partial charge in [-0.25, -0.2) is 4.79 Å². The van der Waals surface area contributed by atoms with Crippen LogP contribution in [-0.4, -0.2) is 16.6 Å². The summed E-state index contributed by atoms with van der Waals surface area (Å²) in [5.74, 6) is -1.05. The molecule has 0 unspecified atom stereocenters. The molecule has 0 aliphatic carbocycles. The van der Waals surface area contributed by atoms with Crippen LogP contribution in [0.15, 0.2) is 20.4 Å². The van der Waals surface area contributed by atoms with Crippen LogP contribution in [0.2, 0.25) is 0 Å². The second kappa shape index (κ2) is 2.41. The fourth-order valence-electron chi connectivity index (χ4n) is 0.689. The third-order valence-corrected chi connectivity index (χ3v) is 2.69. The van der Waals surface area contributed by atoms with Gasteiger partial charge in [0.15, 0.2) is 5.70 Å². The fourth-order valence-corrected chi connectivity index (χ4v) is 1.02. The molecule has 0 saturated heterocycles. The summed E-state index contributed by atoms with van der Waals surface area (Å²) in [7, 11) is 0. The number of carbonyl (C=O) groups is 1. The second-order valence-electron chi connectivity index (χ2n) is 2.73. The molecule has 0 bridgehead atoms. The fraction of sp³-hybridized carbons (Fsp3) is 0.500. The molecule has 0 aromatic rings. The van der Waals surface area contributed by atoms with Crippen molar-refractivity contribution in [3.8, 4) is 0 Å². The van der Waals surface area contributed by atoms with Crippen molar-refractivity contribution in [2.75, 3.05) is 0 Å². The summed E-state index contributed by atoms with van der Waals surface area (Å²) in [6, 6.07) is 0. The molecule has 0 spiro atoms. The van der Waals surface area contributed by atoms with E-state index in [9.17, 15) is 4.79 Å². The van der Waals surface area contributed by atoms with E-state index >= 15 is 0 Å². The Morgan fingerprint density at radius 2 is 2.18 bits per heavy atom. The first-order chi connectivity index (χ1) is 4.95. The lowest BCUT2D eigenvalue weighted by atomic mass is 10.1. The Bertz CT molecular complexity index is 268.